The van der Waals surface area contributed by atoms with Gasteiger partial charge in [0.2, 0.25) is 0 Å². The van der Waals surface area contributed by atoms with Crippen LogP contribution < -0.4 is 0 Å². The second-order valence-electron chi connectivity index (χ2n) is 4.70. The molecule has 4 heteroatoms. The number of carboxylic acid groups (broad SMARTS) is 1. The van der Waals surface area contributed by atoms with Crippen molar-refractivity contribution in [3.63, 3.8) is 0 Å². The van der Waals surface area contributed by atoms with E-state index in [0.29, 0.717) is 12.8 Å². The largest absolute Gasteiger partial charge is 0.508 e. The van der Waals surface area contributed by atoms with E-state index >= 15 is 0 Å². The summed E-state index contributed by atoms with van der Waals surface area (Å²) >= 11 is 3.44. The lowest BCUT2D eigenvalue weighted by atomic mass is 9.92. The summed E-state index contributed by atoms with van der Waals surface area (Å²) in [4.78, 5) is 11.4. The van der Waals surface area contributed by atoms with Crippen LogP contribution in [0, 0.1) is 5.92 Å². The van der Waals surface area contributed by atoms with Crippen LogP contribution in [0.25, 0.3) is 0 Å². The highest BCUT2D eigenvalue weighted by Gasteiger charge is 2.19. The Kier molecular flexibility index (Phi) is 4.79. The molecule has 2 rings (SSSR count). The molecular formula is C16H15BrO3. The molecule has 0 spiro atoms. The molecule has 0 aliphatic carbocycles. The summed E-state index contributed by atoms with van der Waals surface area (Å²) in [6.45, 7) is 0. The maximum absolute atomic E-state index is 11.4. The lowest BCUT2D eigenvalue weighted by molar-refractivity contribution is -0.141. The van der Waals surface area contributed by atoms with Crippen LogP contribution in [0.1, 0.15) is 11.1 Å². The Morgan fingerprint density at radius 2 is 1.70 bits per heavy atom. The molecule has 0 aliphatic heterocycles. The van der Waals surface area contributed by atoms with Crippen molar-refractivity contribution >= 4 is 21.9 Å². The number of aromatic hydroxyl groups is 1. The van der Waals surface area contributed by atoms with Crippen LogP contribution >= 0.6 is 15.9 Å². The molecule has 0 aliphatic rings. The predicted molar refractivity (Wildman–Crippen MR) is 80.8 cm³/mol. The highest BCUT2D eigenvalue weighted by Crippen LogP contribution is 2.22. The van der Waals surface area contributed by atoms with Gasteiger partial charge in [-0.05, 0) is 42.2 Å². The Hall–Kier alpha value is -1.81. The molecule has 0 fully saturated rings. The quantitative estimate of drug-likeness (QED) is 0.877. The van der Waals surface area contributed by atoms with Gasteiger partial charge in [-0.25, -0.2) is 0 Å². The topological polar surface area (TPSA) is 57.5 Å². The van der Waals surface area contributed by atoms with Crippen LogP contribution in [-0.4, -0.2) is 16.2 Å². The monoisotopic (exact) mass is 334 g/mol. The average Bonchev–Trinajstić information content (AvgIpc) is 2.42. The smallest absolute Gasteiger partial charge is 0.307 e. The summed E-state index contributed by atoms with van der Waals surface area (Å²) in [5.41, 5.74) is 1.89. The number of halogens is 1. The molecular weight excluding hydrogens is 320 g/mol. The minimum absolute atomic E-state index is 0.187. The van der Waals surface area contributed by atoms with Gasteiger partial charge in [0.1, 0.15) is 5.75 Å². The van der Waals surface area contributed by atoms with Gasteiger partial charge in [-0.2, -0.15) is 0 Å². The van der Waals surface area contributed by atoms with E-state index in [1.165, 1.54) is 0 Å². The zero-order valence-corrected chi connectivity index (χ0v) is 12.4. The summed E-state index contributed by atoms with van der Waals surface area (Å²) < 4.78 is 0.928. The van der Waals surface area contributed by atoms with E-state index in [-0.39, 0.29) is 5.75 Å². The van der Waals surface area contributed by atoms with Crippen LogP contribution in [0.5, 0.6) is 5.75 Å². The first-order valence-corrected chi connectivity index (χ1v) is 7.09. The Morgan fingerprint density at radius 3 is 2.30 bits per heavy atom. The minimum Gasteiger partial charge on any atom is -0.508 e. The van der Waals surface area contributed by atoms with Crippen molar-refractivity contribution in [2.24, 2.45) is 5.92 Å². The lowest BCUT2D eigenvalue weighted by Crippen LogP contribution is -2.19. The average molecular weight is 335 g/mol. The second kappa shape index (κ2) is 6.57. The molecule has 2 N–H and O–H groups in total. The first kappa shape index (κ1) is 14.6. The van der Waals surface area contributed by atoms with Gasteiger partial charge in [0.15, 0.2) is 0 Å². The molecule has 1 unspecified atom stereocenters. The molecule has 0 saturated heterocycles. The van der Waals surface area contributed by atoms with E-state index in [1.807, 2.05) is 24.3 Å². The molecule has 20 heavy (non-hydrogen) atoms. The third-order valence-electron chi connectivity index (χ3n) is 3.19. The van der Waals surface area contributed by atoms with Gasteiger partial charge >= 0.3 is 5.97 Å². The number of phenols is 1. The molecule has 2 aromatic carbocycles. The van der Waals surface area contributed by atoms with Crippen LogP contribution in [0.2, 0.25) is 0 Å². The van der Waals surface area contributed by atoms with Crippen molar-refractivity contribution in [1.82, 2.24) is 0 Å². The minimum atomic E-state index is -0.811. The molecule has 2 aromatic rings. The Bertz CT molecular complexity index is 593. The normalized spacial score (nSPS) is 12.1. The number of carboxylic acids is 1. The Morgan fingerprint density at radius 1 is 1.05 bits per heavy atom. The third-order valence-corrected chi connectivity index (χ3v) is 3.97. The number of aliphatic carboxylic acids is 1. The number of hydrogen-bond acceptors (Lipinski definition) is 2. The molecule has 0 aromatic heterocycles. The molecule has 104 valence electrons. The van der Waals surface area contributed by atoms with E-state index in [9.17, 15) is 15.0 Å². The van der Waals surface area contributed by atoms with Crippen molar-refractivity contribution in [3.8, 4) is 5.75 Å². The van der Waals surface area contributed by atoms with Gasteiger partial charge in [-0.3, -0.25) is 4.79 Å². The molecule has 0 amide bonds. The number of hydrogen-bond donors (Lipinski definition) is 2. The van der Waals surface area contributed by atoms with Crippen molar-refractivity contribution in [3.05, 3.63) is 64.1 Å². The molecule has 0 saturated carbocycles. The standard InChI is InChI=1S/C16H15BrO3/c17-15-4-2-1-3-12(15)10-13(16(19)20)9-11-5-7-14(18)8-6-11/h1-8,13,18H,9-10H2,(H,19,20). The van der Waals surface area contributed by atoms with E-state index in [4.69, 9.17) is 0 Å². The van der Waals surface area contributed by atoms with Gasteiger partial charge in [-0.1, -0.05) is 46.3 Å². The van der Waals surface area contributed by atoms with E-state index in [2.05, 4.69) is 15.9 Å². The number of phenolic OH excluding ortho intramolecular Hbond substituents is 1. The number of carbonyl (C=O) groups is 1. The fourth-order valence-electron chi connectivity index (χ4n) is 2.09. The number of benzene rings is 2. The highest BCUT2D eigenvalue weighted by molar-refractivity contribution is 9.10. The SMILES string of the molecule is O=C(O)C(Cc1ccc(O)cc1)Cc1ccccc1Br. The molecule has 0 bridgehead atoms. The van der Waals surface area contributed by atoms with Gasteiger partial charge < -0.3 is 10.2 Å². The van der Waals surface area contributed by atoms with Crippen LogP contribution in [0.3, 0.4) is 0 Å². The van der Waals surface area contributed by atoms with Crippen molar-refractivity contribution in [2.45, 2.75) is 12.8 Å². The zero-order valence-electron chi connectivity index (χ0n) is 10.8. The van der Waals surface area contributed by atoms with Crippen LogP contribution in [-0.2, 0) is 17.6 Å². The molecule has 3 nitrogen and oxygen atoms in total. The molecule has 1 atom stereocenters. The predicted octanol–water partition coefficient (Wildman–Crippen LogP) is 3.64. The lowest BCUT2D eigenvalue weighted by Gasteiger charge is -2.13. The first-order valence-electron chi connectivity index (χ1n) is 6.30. The zero-order chi connectivity index (χ0) is 14.5. The van der Waals surface area contributed by atoms with Crippen LogP contribution in [0.4, 0.5) is 0 Å². The van der Waals surface area contributed by atoms with Gasteiger partial charge in [-0.15, -0.1) is 0 Å². The molecule has 0 heterocycles. The van der Waals surface area contributed by atoms with Gasteiger partial charge in [0.25, 0.3) is 0 Å². The molecule has 0 radical (unpaired) electrons. The fraction of sp³-hybridized carbons (Fsp3) is 0.188. The van der Waals surface area contributed by atoms with Crippen molar-refractivity contribution in [2.75, 3.05) is 0 Å². The number of rotatable bonds is 5. The summed E-state index contributed by atoms with van der Waals surface area (Å²) in [5, 5.41) is 18.6. The van der Waals surface area contributed by atoms with Crippen molar-refractivity contribution < 1.29 is 15.0 Å². The highest BCUT2D eigenvalue weighted by atomic mass is 79.9. The Labute approximate surface area is 126 Å². The van der Waals surface area contributed by atoms with Gasteiger partial charge in [0.05, 0.1) is 5.92 Å². The summed E-state index contributed by atoms with van der Waals surface area (Å²) in [6.07, 6.45) is 0.911. The van der Waals surface area contributed by atoms with Crippen LogP contribution in [0.15, 0.2) is 53.0 Å². The maximum atomic E-state index is 11.4. The van der Waals surface area contributed by atoms with E-state index < -0.39 is 11.9 Å². The Balaban J connectivity index is 2.14. The summed E-state index contributed by atoms with van der Waals surface area (Å²) in [6, 6.07) is 14.3. The fourth-order valence-corrected chi connectivity index (χ4v) is 2.54. The van der Waals surface area contributed by atoms with Gasteiger partial charge in [0, 0.05) is 4.47 Å². The summed E-state index contributed by atoms with van der Waals surface area (Å²) in [5.74, 6) is -1.11. The van der Waals surface area contributed by atoms with E-state index in [1.54, 1.807) is 24.3 Å². The first-order chi connectivity index (χ1) is 9.56. The van der Waals surface area contributed by atoms with E-state index in [0.717, 1.165) is 15.6 Å². The van der Waals surface area contributed by atoms with Crippen molar-refractivity contribution in [1.29, 1.82) is 0 Å². The summed E-state index contributed by atoms with van der Waals surface area (Å²) in [7, 11) is 0. The maximum Gasteiger partial charge on any atom is 0.307 e. The second-order valence-corrected chi connectivity index (χ2v) is 5.56. The third kappa shape index (κ3) is 3.84.